The first-order chi connectivity index (χ1) is 8.44. The van der Waals surface area contributed by atoms with Gasteiger partial charge >= 0.3 is 11.9 Å². The van der Waals surface area contributed by atoms with Gasteiger partial charge in [0.25, 0.3) is 0 Å². The number of benzene rings is 1. The molecule has 1 rings (SSSR count). The van der Waals surface area contributed by atoms with Gasteiger partial charge in [-0.25, -0.2) is 30.0 Å². The van der Waals surface area contributed by atoms with E-state index in [0.717, 1.165) is 12.2 Å². The summed E-state index contributed by atoms with van der Waals surface area (Å²) in [5.41, 5.74) is 0.167. The number of aromatic carboxylic acids is 2. The highest BCUT2D eigenvalue weighted by Crippen LogP contribution is 2.03. The number of carbonyl (C=O) groups is 2. The van der Waals surface area contributed by atoms with Crippen molar-refractivity contribution >= 4 is 24.1 Å². The fourth-order valence-corrected chi connectivity index (χ4v) is 0.755. The molecule has 4 N–H and O–H groups in total. The predicted molar refractivity (Wildman–Crippen MR) is 63.9 cm³/mol. The molecule has 0 spiro atoms. The lowest BCUT2D eigenvalue weighted by Gasteiger charge is -1.94. The second kappa shape index (κ2) is 13.0. The minimum atomic E-state index is -1.06. The van der Waals surface area contributed by atoms with Crippen LogP contribution in [0.5, 0.6) is 0 Å². The van der Waals surface area contributed by atoms with Crippen molar-refractivity contribution in [2.45, 2.75) is 7.43 Å². The number of hydrogen-bond acceptors (Lipinski definition) is 6. The van der Waals surface area contributed by atoms with Crippen LogP contribution in [0.15, 0.2) is 24.3 Å². The Labute approximate surface area is 108 Å². The number of rotatable bonds is 2. The zero-order chi connectivity index (χ0) is 14.6. The van der Waals surface area contributed by atoms with Crippen LogP contribution in [0.25, 0.3) is 0 Å². The Bertz CT molecular complexity index is 423. The van der Waals surface area contributed by atoms with Crippen LogP contribution >= 0.6 is 0 Å². The summed E-state index contributed by atoms with van der Waals surface area (Å²) in [6, 6.07) is 5.02. The molecule has 0 aromatic heterocycles. The van der Waals surface area contributed by atoms with Gasteiger partial charge in [-0.15, -0.1) is 0 Å². The van der Waals surface area contributed by atoms with Crippen LogP contribution in [0.4, 0.5) is 0 Å². The Kier molecular flexibility index (Phi) is 14.5. The van der Waals surface area contributed by atoms with Gasteiger partial charge in [-0.2, -0.15) is 0 Å². The Morgan fingerprint density at radius 1 is 0.842 bits per heavy atom. The van der Waals surface area contributed by atoms with E-state index in [2.05, 4.69) is 0 Å². The number of carboxylic acids is 2. The van der Waals surface area contributed by atoms with Crippen LogP contribution in [0.1, 0.15) is 28.1 Å². The minimum Gasteiger partial charge on any atom is -0.478 e. The molecule has 0 atom stereocenters. The van der Waals surface area contributed by atoms with E-state index in [1.165, 1.54) is 24.3 Å². The highest BCUT2D eigenvalue weighted by molar-refractivity contribution is 5.91. The van der Waals surface area contributed by atoms with E-state index in [1.807, 2.05) is 0 Å². The SMILES string of the molecule is C.N=C=O.N=C=O.O=C(O)c1ccc(C(=O)O)cc1. The molecule has 1 aromatic carbocycles. The van der Waals surface area contributed by atoms with E-state index >= 15 is 0 Å². The highest BCUT2D eigenvalue weighted by Gasteiger charge is 2.04. The fraction of sp³-hybridized carbons (Fsp3) is 0.0909. The van der Waals surface area contributed by atoms with Crippen molar-refractivity contribution in [2.75, 3.05) is 0 Å². The molecule has 0 fully saturated rings. The van der Waals surface area contributed by atoms with Crippen molar-refractivity contribution in [3.8, 4) is 0 Å². The molecular weight excluding hydrogens is 256 g/mol. The van der Waals surface area contributed by atoms with Crippen LogP contribution in [0, 0.1) is 10.8 Å². The molecule has 0 bridgehead atoms. The van der Waals surface area contributed by atoms with Crippen LogP contribution in [-0.4, -0.2) is 34.3 Å². The van der Waals surface area contributed by atoms with Gasteiger partial charge in [0.05, 0.1) is 11.1 Å². The summed E-state index contributed by atoms with van der Waals surface area (Å²) in [5.74, 6) is -2.13. The first-order valence-electron chi connectivity index (χ1n) is 4.09. The van der Waals surface area contributed by atoms with Crippen LogP contribution in [0.2, 0.25) is 0 Å². The minimum absolute atomic E-state index is 0. The maximum atomic E-state index is 10.3. The summed E-state index contributed by atoms with van der Waals surface area (Å²) in [6.45, 7) is 0. The Balaban J connectivity index is -0.000000314. The van der Waals surface area contributed by atoms with E-state index in [9.17, 15) is 9.59 Å². The summed E-state index contributed by atoms with van der Waals surface area (Å²) in [7, 11) is 0. The van der Waals surface area contributed by atoms with Gasteiger partial charge in [-0.05, 0) is 24.3 Å². The largest absolute Gasteiger partial charge is 0.478 e. The summed E-state index contributed by atoms with van der Waals surface area (Å²) in [6.07, 6.45) is 1.50. The van der Waals surface area contributed by atoms with Gasteiger partial charge in [0, 0.05) is 0 Å². The van der Waals surface area contributed by atoms with Crippen molar-refractivity contribution in [1.29, 1.82) is 10.8 Å². The van der Waals surface area contributed by atoms with Gasteiger partial charge in [0.1, 0.15) is 0 Å². The normalized spacial score (nSPS) is 6.74. The average molecular weight is 268 g/mol. The Morgan fingerprint density at radius 3 is 1.11 bits per heavy atom. The molecule has 0 amide bonds. The van der Waals surface area contributed by atoms with Gasteiger partial charge < -0.3 is 10.2 Å². The highest BCUT2D eigenvalue weighted by atomic mass is 16.4. The molecule has 102 valence electrons. The van der Waals surface area contributed by atoms with Gasteiger partial charge in [0.2, 0.25) is 12.2 Å². The molecule has 0 aliphatic heterocycles. The first-order valence-corrected chi connectivity index (χ1v) is 4.09. The van der Waals surface area contributed by atoms with Crippen molar-refractivity contribution < 1.29 is 29.4 Å². The van der Waals surface area contributed by atoms with Crippen molar-refractivity contribution in [3.05, 3.63) is 35.4 Å². The van der Waals surface area contributed by atoms with Crippen molar-refractivity contribution in [3.63, 3.8) is 0 Å². The smallest absolute Gasteiger partial charge is 0.335 e. The maximum absolute atomic E-state index is 10.3. The summed E-state index contributed by atoms with van der Waals surface area (Å²) >= 11 is 0. The standard InChI is InChI=1S/C8H6O4.2CHNO.CH4/c9-7(10)5-1-2-6(4-3-5)8(11)12;2*2-1-3;/h1-4H,(H,9,10)(H,11,12);2*2H;1H4. The number of nitrogens with one attached hydrogen (secondary N) is 2. The lowest BCUT2D eigenvalue weighted by molar-refractivity contribution is 0.0681. The second-order valence-corrected chi connectivity index (χ2v) is 2.39. The van der Waals surface area contributed by atoms with Crippen LogP contribution in [-0.2, 0) is 9.59 Å². The van der Waals surface area contributed by atoms with E-state index in [1.54, 1.807) is 0 Å². The summed E-state index contributed by atoms with van der Waals surface area (Å²) in [4.78, 5) is 37.4. The van der Waals surface area contributed by atoms with Crippen molar-refractivity contribution in [2.24, 2.45) is 0 Å². The van der Waals surface area contributed by atoms with E-state index in [-0.39, 0.29) is 18.6 Å². The fourth-order valence-electron chi connectivity index (χ4n) is 0.755. The van der Waals surface area contributed by atoms with Crippen molar-refractivity contribution in [1.82, 2.24) is 0 Å². The summed E-state index contributed by atoms with van der Waals surface area (Å²) < 4.78 is 0. The molecule has 0 aliphatic rings. The molecule has 0 heterocycles. The first kappa shape index (κ1) is 21.2. The summed E-state index contributed by atoms with van der Waals surface area (Å²) in [5, 5.41) is 27.7. The number of carbonyl (C=O) groups excluding carboxylic acids is 2. The quantitative estimate of drug-likeness (QED) is 0.470. The topological polar surface area (TPSA) is 156 Å². The zero-order valence-electron chi connectivity index (χ0n) is 8.84. The van der Waals surface area contributed by atoms with Crippen LogP contribution < -0.4 is 0 Å². The zero-order valence-corrected chi connectivity index (χ0v) is 8.84. The number of hydrogen-bond donors (Lipinski definition) is 4. The molecule has 8 nitrogen and oxygen atoms in total. The van der Waals surface area contributed by atoms with Crippen LogP contribution in [0.3, 0.4) is 0 Å². The lowest BCUT2D eigenvalue weighted by atomic mass is 10.1. The third-order valence-corrected chi connectivity index (χ3v) is 1.38. The maximum Gasteiger partial charge on any atom is 0.335 e. The molecule has 0 aliphatic carbocycles. The lowest BCUT2D eigenvalue weighted by Crippen LogP contribution is -1.99. The third-order valence-electron chi connectivity index (χ3n) is 1.38. The predicted octanol–water partition coefficient (Wildman–Crippen LogP) is 1.52. The average Bonchev–Trinajstić information content (AvgIpc) is 2.31. The monoisotopic (exact) mass is 268 g/mol. The second-order valence-electron chi connectivity index (χ2n) is 2.39. The van der Waals surface area contributed by atoms with Gasteiger partial charge in [-0.3, -0.25) is 0 Å². The number of isocyanates is 2. The molecule has 0 saturated heterocycles. The van der Waals surface area contributed by atoms with Gasteiger partial charge in [0.15, 0.2) is 0 Å². The molecular formula is C11H12N2O6. The molecule has 0 radical (unpaired) electrons. The van der Waals surface area contributed by atoms with Gasteiger partial charge in [-0.1, -0.05) is 7.43 Å². The number of carboxylic acid groups (broad SMARTS) is 2. The Morgan fingerprint density at radius 2 is 1.00 bits per heavy atom. The molecule has 0 saturated carbocycles. The molecule has 19 heavy (non-hydrogen) atoms. The molecule has 8 heteroatoms. The molecule has 0 unspecified atom stereocenters. The van der Waals surface area contributed by atoms with E-state index in [4.69, 9.17) is 30.6 Å². The van der Waals surface area contributed by atoms with E-state index < -0.39 is 11.9 Å². The molecule has 1 aromatic rings. The van der Waals surface area contributed by atoms with E-state index in [0.29, 0.717) is 0 Å². The third kappa shape index (κ3) is 11.2. The Hall–Kier alpha value is -3.08.